The van der Waals surface area contributed by atoms with Crippen molar-refractivity contribution in [1.82, 2.24) is 19.9 Å². The largest absolute Gasteiger partial charge is 0.361 e. The van der Waals surface area contributed by atoms with Crippen LogP contribution in [-0.2, 0) is 11.3 Å². The minimum Gasteiger partial charge on any atom is -0.361 e. The van der Waals surface area contributed by atoms with Gasteiger partial charge in [-0.1, -0.05) is 35.5 Å². The normalized spacial score (nSPS) is 18.4. The van der Waals surface area contributed by atoms with Gasteiger partial charge in [0.05, 0.1) is 5.92 Å². The van der Waals surface area contributed by atoms with E-state index in [1.54, 1.807) is 17.9 Å². The highest BCUT2D eigenvalue weighted by molar-refractivity contribution is 5.94. The van der Waals surface area contributed by atoms with Crippen molar-refractivity contribution < 1.29 is 14.1 Å². The summed E-state index contributed by atoms with van der Waals surface area (Å²) in [6.45, 7) is 6.87. The van der Waals surface area contributed by atoms with Gasteiger partial charge in [0.1, 0.15) is 5.76 Å². The van der Waals surface area contributed by atoms with E-state index in [1.165, 1.54) is 5.56 Å². The van der Waals surface area contributed by atoms with Crippen LogP contribution in [0, 0.1) is 12.8 Å². The first kappa shape index (κ1) is 17.7. The standard InChI is InChI=1S/C20H24N4O3/c1-15-11-18(21-27-15)20(26)24-13-17(14-24)19(25)23-9-7-22(8-10-23)12-16-5-3-2-4-6-16/h2-6,11,17H,7-10,12-14H2,1H3. The second-order valence-corrected chi connectivity index (χ2v) is 7.32. The Morgan fingerprint density at radius 1 is 1.07 bits per heavy atom. The molecule has 2 fully saturated rings. The summed E-state index contributed by atoms with van der Waals surface area (Å²) in [4.78, 5) is 30.9. The van der Waals surface area contributed by atoms with Crippen LogP contribution in [0.25, 0.3) is 0 Å². The summed E-state index contributed by atoms with van der Waals surface area (Å²) in [6, 6.07) is 12.0. The molecule has 0 spiro atoms. The molecule has 2 aliphatic rings. The van der Waals surface area contributed by atoms with Crippen molar-refractivity contribution in [3.8, 4) is 0 Å². The van der Waals surface area contributed by atoms with Crippen LogP contribution in [0.3, 0.4) is 0 Å². The molecule has 2 aromatic rings. The van der Waals surface area contributed by atoms with Gasteiger partial charge in [-0.3, -0.25) is 14.5 Å². The average molecular weight is 368 g/mol. The molecule has 0 aliphatic carbocycles. The van der Waals surface area contributed by atoms with Gasteiger partial charge in [-0.15, -0.1) is 0 Å². The molecule has 0 unspecified atom stereocenters. The maximum absolute atomic E-state index is 12.7. The Morgan fingerprint density at radius 2 is 1.78 bits per heavy atom. The van der Waals surface area contributed by atoms with Gasteiger partial charge in [0, 0.05) is 51.9 Å². The summed E-state index contributed by atoms with van der Waals surface area (Å²) in [7, 11) is 0. The molecule has 0 N–H and O–H groups in total. The minimum absolute atomic E-state index is 0.0948. The van der Waals surface area contributed by atoms with Crippen molar-refractivity contribution in [2.75, 3.05) is 39.3 Å². The molecule has 7 heteroatoms. The number of rotatable bonds is 4. The smallest absolute Gasteiger partial charge is 0.276 e. The van der Waals surface area contributed by atoms with Crippen LogP contribution < -0.4 is 0 Å². The highest BCUT2D eigenvalue weighted by Gasteiger charge is 2.39. The first-order valence-electron chi connectivity index (χ1n) is 9.38. The van der Waals surface area contributed by atoms with Crippen LogP contribution in [0.5, 0.6) is 0 Å². The van der Waals surface area contributed by atoms with Gasteiger partial charge in [-0.2, -0.15) is 0 Å². The second kappa shape index (κ2) is 7.52. The number of nitrogens with zero attached hydrogens (tertiary/aromatic N) is 4. The molecule has 2 saturated heterocycles. The molecule has 4 rings (SSSR count). The van der Waals surface area contributed by atoms with Crippen molar-refractivity contribution in [2.45, 2.75) is 13.5 Å². The molecule has 1 aromatic heterocycles. The first-order valence-corrected chi connectivity index (χ1v) is 9.38. The molecule has 0 atom stereocenters. The highest BCUT2D eigenvalue weighted by atomic mass is 16.5. The lowest BCUT2D eigenvalue weighted by atomic mass is 9.97. The fourth-order valence-corrected chi connectivity index (χ4v) is 3.66. The summed E-state index contributed by atoms with van der Waals surface area (Å²) in [5, 5.41) is 3.75. The number of piperazine rings is 1. The second-order valence-electron chi connectivity index (χ2n) is 7.32. The van der Waals surface area contributed by atoms with Gasteiger partial charge < -0.3 is 14.3 Å². The molecule has 0 saturated carbocycles. The van der Waals surface area contributed by atoms with Crippen molar-refractivity contribution in [3.05, 3.63) is 53.4 Å². The van der Waals surface area contributed by atoms with Crippen molar-refractivity contribution in [3.63, 3.8) is 0 Å². The van der Waals surface area contributed by atoms with E-state index < -0.39 is 0 Å². The summed E-state index contributed by atoms with van der Waals surface area (Å²) < 4.78 is 4.95. The molecular formula is C20H24N4O3. The van der Waals surface area contributed by atoms with E-state index in [2.05, 4.69) is 34.3 Å². The summed E-state index contributed by atoms with van der Waals surface area (Å²) in [5.74, 6) is 0.515. The Hall–Kier alpha value is -2.67. The maximum atomic E-state index is 12.7. The van der Waals surface area contributed by atoms with Crippen LogP contribution in [0.2, 0.25) is 0 Å². The Bertz CT molecular complexity index is 806. The van der Waals surface area contributed by atoms with Crippen molar-refractivity contribution >= 4 is 11.8 Å². The van der Waals surface area contributed by atoms with E-state index >= 15 is 0 Å². The number of amides is 2. The third-order valence-electron chi connectivity index (χ3n) is 5.30. The average Bonchev–Trinajstić information content (AvgIpc) is 3.08. The predicted octanol–water partition coefficient (Wildman–Crippen LogP) is 1.40. The minimum atomic E-state index is -0.163. The fourth-order valence-electron chi connectivity index (χ4n) is 3.66. The number of hydrogen-bond acceptors (Lipinski definition) is 5. The quantitative estimate of drug-likeness (QED) is 0.816. The molecule has 2 amide bonds. The Morgan fingerprint density at radius 3 is 2.41 bits per heavy atom. The molecule has 3 heterocycles. The lowest BCUT2D eigenvalue weighted by Gasteiger charge is -2.42. The van der Waals surface area contributed by atoms with E-state index in [1.807, 2.05) is 11.0 Å². The predicted molar refractivity (Wildman–Crippen MR) is 98.9 cm³/mol. The van der Waals surface area contributed by atoms with Gasteiger partial charge in [0.2, 0.25) is 5.91 Å². The molecule has 1 aromatic carbocycles. The van der Waals surface area contributed by atoms with Gasteiger partial charge in [0.15, 0.2) is 5.69 Å². The zero-order valence-electron chi connectivity index (χ0n) is 15.5. The van der Waals surface area contributed by atoms with Crippen LogP contribution in [-0.4, -0.2) is 70.9 Å². The SMILES string of the molecule is Cc1cc(C(=O)N2CC(C(=O)N3CCN(Cc4ccccc4)CC3)C2)no1. The third kappa shape index (κ3) is 3.88. The lowest BCUT2D eigenvalue weighted by molar-refractivity contribution is -0.141. The van der Waals surface area contributed by atoms with Gasteiger partial charge in [-0.25, -0.2) is 0 Å². The Kier molecular flexibility index (Phi) is 4.94. The molecule has 0 bridgehead atoms. The summed E-state index contributed by atoms with van der Waals surface area (Å²) >= 11 is 0. The number of carbonyl (C=O) groups excluding carboxylic acids is 2. The van der Waals surface area contributed by atoms with Crippen LogP contribution >= 0.6 is 0 Å². The molecule has 0 radical (unpaired) electrons. The van der Waals surface area contributed by atoms with E-state index in [9.17, 15) is 9.59 Å². The molecular weight excluding hydrogens is 344 g/mol. The summed E-state index contributed by atoms with van der Waals surface area (Å²) in [6.07, 6.45) is 0. The van der Waals surface area contributed by atoms with Crippen molar-refractivity contribution in [2.24, 2.45) is 5.92 Å². The number of benzene rings is 1. The highest BCUT2D eigenvalue weighted by Crippen LogP contribution is 2.22. The maximum Gasteiger partial charge on any atom is 0.276 e. The zero-order chi connectivity index (χ0) is 18.8. The Balaban J connectivity index is 1.23. The van der Waals surface area contributed by atoms with Crippen LogP contribution in [0.15, 0.2) is 40.9 Å². The van der Waals surface area contributed by atoms with E-state index in [4.69, 9.17) is 4.52 Å². The number of hydrogen-bond donors (Lipinski definition) is 0. The lowest BCUT2D eigenvalue weighted by Crippen LogP contribution is -2.59. The summed E-state index contributed by atoms with van der Waals surface area (Å²) in [5.41, 5.74) is 1.61. The van der Waals surface area contributed by atoms with E-state index in [-0.39, 0.29) is 17.7 Å². The monoisotopic (exact) mass is 368 g/mol. The topological polar surface area (TPSA) is 69.9 Å². The van der Waals surface area contributed by atoms with E-state index in [0.717, 1.165) is 32.7 Å². The number of carbonyl (C=O) groups is 2. The molecule has 2 aliphatic heterocycles. The third-order valence-corrected chi connectivity index (χ3v) is 5.30. The van der Waals surface area contributed by atoms with Gasteiger partial charge in [-0.05, 0) is 12.5 Å². The van der Waals surface area contributed by atoms with Crippen LogP contribution in [0.4, 0.5) is 0 Å². The zero-order valence-corrected chi connectivity index (χ0v) is 15.5. The van der Waals surface area contributed by atoms with E-state index in [0.29, 0.717) is 24.5 Å². The van der Waals surface area contributed by atoms with Gasteiger partial charge >= 0.3 is 0 Å². The van der Waals surface area contributed by atoms with Crippen LogP contribution in [0.1, 0.15) is 21.8 Å². The Labute approximate surface area is 158 Å². The molecule has 7 nitrogen and oxygen atoms in total. The number of aromatic nitrogens is 1. The number of aryl methyl sites for hydroxylation is 1. The van der Waals surface area contributed by atoms with Crippen molar-refractivity contribution in [1.29, 1.82) is 0 Å². The fraction of sp³-hybridized carbons (Fsp3) is 0.450. The molecule has 27 heavy (non-hydrogen) atoms. The number of likely N-dealkylation sites (tertiary alicyclic amines) is 1. The van der Waals surface area contributed by atoms with Gasteiger partial charge in [0.25, 0.3) is 5.91 Å². The molecule has 142 valence electrons. The first-order chi connectivity index (χ1) is 13.1.